The number of thiophene rings is 1. The van der Waals surface area contributed by atoms with Crippen LogP contribution in [0, 0.1) is 0 Å². The monoisotopic (exact) mass is 312 g/mol. The minimum Gasteiger partial charge on any atom is -0.326 e. The quantitative estimate of drug-likeness (QED) is 0.804. The third kappa shape index (κ3) is 3.16. The molecule has 2 aromatic heterocycles. The first-order chi connectivity index (χ1) is 9.54. The molecule has 0 spiro atoms. The Morgan fingerprint density at radius 3 is 2.85 bits per heavy atom. The number of rotatable bonds is 6. The van der Waals surface area contributed by atoms with Gasteiger partial charge < -0.3 is 5.73 Å². The first kappa shape index (κ1) is 15.3. The second kappa shape index (κ2) is 6.60. The molecular formula is C13H20N4OS2. The normalized spacial score (nSPS) is 14.7. The molecule has 2 aromatic rings. The van der Waals surface area contributed by atoms with Gasteiger partial charge in [-0.05, 0) is 31.7 Å². The molecule has 0 saturated heterocycles. The topological polar surface area (TPSA) is 76.7 Å². The number of hydrogen-bond donors (Lipinski definition) is 2. The van der Waals surface area contributed by atoms with Gasteiger partial charge in [0.15, 0.2) is 5.16 Å². The number of nitrogens with zero attached hydrogens (tertiary/aromatic N) is 2. The molecule has 2 rings (SSSR count). The van der Waals surface area contributed by atoms with Crippen LogP contribution in [0.2, 0.25) is 0 Å². The van der Waals surface area contributed by atoms with Gasteiger partial charge in [-0.3, -0.25) is 4.57 Å². The van der Waals surface area contributed by atoms with E-state index in [9.17, 15) is 4.79 Å². The smallest absolute Gasteiger partial charge is 0.326 e. The summed E-state index contributed by atoms with van der Waals surface area (Å²) in [6, 6.07) is 4.22. The van der Waals surface area contributed by atoms with Crippen LogP contribution in [0.5, 0.6) is 0 Å². The molecule has 0 aliphatic rings. The van der Waals surface area contributed by atoms with E-state index < -0.39 is 0 Å². The number of aromatic amines is 1. The van der Waals surface area contributed by atoms with Crippen LogP contribution < -0.4 is 11.4 Å². The maximum Gasteiger partial charge on any atom is 0.344 e. The van der Waals surface area contributed by atoms with E-state index in [2.05, 4.69) is 23.2 Å². The number of hydrogen-bond acceptors (Lipinski definition) is 5. The molecule has 5 nitrogen and oxygen atoms in total. The second-order valence-electron chi connectivity index (χ2n) is 4.90. The zero-order chi connectivity index (χ0) is 14.7. The molecule has 3 N–H and O–H groups in total. The summed E-state index contributed by atoms with van der Waals surface area (Å²) in [6.45, 7) is 6.02. The largest absolute Gasteiger partial charge is 0.344 e. The lowest BCUT2D eigenvalue weighted by Gasteiger charge is -2.21. The predicted molar refractivity (Wildman–Crippen MR) is 84.4 cm³/mol. The van der Waals surface area contributed by atoms with Crippen molar-refractivity contribution in [2.24, 2.45) is 5.73 Å². The zero-order valence-electron chi connectivity index (χ0n) is 11.9. The fraction of sp³-hybridized carbons (Fsp3) is 0.538. The van der Waals surface area contributed by atoms with E-state index in [1.54, 1.807) is 27.7 Å². The molecule has 0 fully saturated rings. The molecule has 0 amide bonds. The van der Waals surface area contributed by atoms with Crippen LogP contribution in [-0.2, 0) is 0 Å². The molecule has 0 aromatic carbocycles. The summed E-state index contributed by atoms with van der Waals surface area (Å²) in [7, 11) is 0. The molecule has 0 saturated carbocycles. The van der Waals surface area contributed by atoms with Crippen molar-refractivity contribution in [1.82, 2.24) is 14.8 Å². The van der Waals surface area contributed by atoms with Gasteiger partial charge in [0.1, 0.15) is 0 Å². The maximum absolute atomic E-state index is 11.8. The van der Waals surface area contributed by atoms with E-state index in [0.717, 1.165) is 6.42 Å². The Hall–Kier alpha value is -1.05. The molecule has 0 aliphatic heterocycles. The van der Waals surface area contributed by atoms with Crippen molar-refractivity contribution in [3.8, 4) is 0 Å². The van der Waals surface area contributed by atoms with Gasteiger partial charge in [-0.1, -0.05) is 24.8 Å². The third-order valence-corrected chi connectivity index (χ3v) is 5.57. The van der Waals surface area contributed by atoms with Crippen LogP contribution >= 0.6 is 23.1 Å². The van der Waals surface area contributed by atoms with Gasteiger partial charge in [0.05, 0.1) is 5.25 Å². The number of nitrogens with two attached hydrogens (primary N) is 1. The van der Waals surface area contributed by atoms with Crippen molar-refractivity contribution < 1.29 is 0 Å². The number of thioether (sulfide) groups is 1. The molecule has 0 radical (unpaired) electrons. The van der Waals surface area contributed by atoms with E-state index in [0.29, 0.717) is 5.16 Å². The van der Waals surface area contributed by atoms with Crippen molar-refractivity contribution in [3.63, 3.8) is 0 Å². The van der Waals surface area contributed by atoms with E-state index in [4.69, 9.17) is 5.73 Å². The number of H-pyrrole nitrogens is 1. The summed E-state index contributed by atoms with van der Waals surface area (Å²) >= 11 is 3.25. The Kier molecular flexibility index (Phi) is 5.06. The van der Waals surface area contributed by atoms with Gasteiger partial charge in [-0.2, -0.15) is 0 Å². The number of aromatic nitrogens is 3. The summed E-state index contributed by atoms with van der Waals surface area (Å²) in [6.07, 6.45) is 0.881. The van der Waals surface area contributed by atoms with Gasteiger partial charge in [-0.25, -0.2) is 9.89 Å². The molecule has 2 atom stereocenters. The fourth-order valence-electron chi connectivity index (χ4n) is 1.97. The molecule has 0 bridgehead atoms. The summed E-state index contributed by atoms with van der Waals surface area (Å²) in [4.78, 5) is 13.0. The standard InChI is InChI=1S/C13H20N4OS2/c1-4-9(14)11(10-6-5-7-19-10)20-13-16-15-12(18)17(13)8(2)3/h5-9,11H,4,14H2,1-3H3,(H,15,18). The summed E-state index contributed by atoms with van der Waals surface area (Å²) in [5.41, 5.74) is 6.08. The summed E-state index contributed by atoms with van der Waals surface area (Å²) in [5.74, 6) is 0. The Morgan fingerprint density at radius 2 is 2.30 bits per heavy atom. The van der Waals surface area contributed by atoms with Crippen molar-refractivity contribution in [2.75, 3.05) is 0 Å². The van der Waals surface area contributed by atoms with Crippen molar-refractivity contribution >= 4 is 23.1 Å². The Morgan fingerprint density at radius 1 is 1.55 bits per heavy atom. The van der Waals surface area contributed by atoms with Crippen molar-refractivity contribution in [1.29, 1.82) is 0 Å². The molecule has 20 heavy (non-hydrogen) atoms. The van der Waals surface area contributed by atoms with Crippen LogP contribution in [0.15, 0.2) is 27.5 Å². The Bertz CT molecular complexity index is 588. The highest BCUT2D eigenvalue weighted by Crippen LogP contribution is 2.39. The predicted octanol–water partition coefficient (Wildman–Crippen LogP) is 2.78. The Labute approximate surface area is 126 Å². The zero-order valence-corrected chi connectivity index (χ0v) is 13.5. The molecule has 110 valence electrons. The SMILES string of the molecule is CCC(N)C(Sc1n[nH]c(=O)n1C(C)C)c1cccs1. The fourth-order valence-corrected chi connectivity index (χ4v) is 4.35. The average Bonchev–Trinajstić information content (AvgIpc) is 3.04. The highest BCUT2D eigenvalue weighted by molar-refractivity contribution is 7.99. The van der Waals surface area contributed by atoms with Crippen LogP contribution in [0.25, 0.3) is 0 Å². The van der Waals surface area contributed by atoms with E-state index in [1.807, 2.05) is 25.3 Å². The first-order valence-corrected chi connectivity index (χ1v) is 8.43. The van der Waals surface area contributed by atoms with Gasteiger partial charge in [0.2, 0.25) is 0 Å². The second-order valence-corrected chi connectivity index (χ2v) is 6.99. The molecule has 2 unspecified atom stereocenters. The molecular weight excluding hydrogens is 292 g/mol. The van der Waals surface area contributed by atoms with Gasteiger partial charge in [0, 0.05) is 17.0 Å². The summed E-state index contributed by atoms with van der Waals surface area (Å²) in [5, 5.41) is 9.53. The number of nitrogens with one attached hydrogen (secondary N) is 1. The third-order valence-electron chi connectivity index (χ3n) is 3.10. The maximum atomic E-state index is 11.8. The van der Waals surface area contributed by atoms with Crippen LogP contribution in [-0.4, -0.2) is 20.8 Å². The lowest BCUT2D eigenvalue weighted by Crippen LogP contribution is -2.26. The van der Waals surface area contributed by atoms with Crippen LogP contribution in [0.3, 0.4) is 0 Å². The highest BCUT2D eigenvalue weighted by Gasteiger charge is 2.24. The van der Waals surface area contributed by atoms with Gasteiger partial charge in [-0.15, -0.1) is 16.4 Å². The van der Waals surface area contributed by atoms with Crippen LogP contribution in [0.4, 0.5) is 0 Å². The van der Waals surface area contributed by atoms with E-state index in [1.165, 1.54) is 4.88 Å². The highest BCUT2D eigenvalue weighted by atomic mass is 32.2. The Balaban J connectivity index is 2.31. The van der Waals surface area contributed by atoms with E-state index in [-0.39, 0.29) is 23.0 Å². The van der Waals surface area contributed by atoms with Crippen LogP contribution in [0.1, 0.15) is 43.4 Å². The van der Waals surface area contributed by atoms with Gasteiger partial charge >= 0.3 is 5.69 Å². The minimum absolute atomic E-state index is 0.0334. The molecule has 2 heterocycles. The lowest BCUT2D eigenvalue weighted by molar-refractivity contribution is 0.531. The lowest BCUT2D eigenvalue weighted by atomic mass is 10.1. The van der Waals surface area contributed by atoms with E-state index >= 15 is 0 Å². The molecule has 7 heteroatoms. The van der Waals surface area contributed by atoms with Gasteiger partial charge in [0.25, 0.3) is 0 Å². The minimum atomic E-state index is -0.169. The van der Waals surface area contributed by atoms with Crippen molar-refractivity contribution in [3.05, 3.63) is 32.9 Å². The first-order valence-electron chi connectivity index (χ1n) is 6.67. The summed E-state index contributed by atoms with van der Waals surface area (Å²) < 4.78 is 1.67. The average molecular weight is 312 g/mol. The molecule has 0 aliphatic carbocycles. The van der Waals surface area contributed by atoms with Crippen molar-refractivity contribution in [2.45, 2.75) is 49.7 Å².